The highest BCUT2D eigenvalue weighted by Gasteiger charge is 2.27. The van der Waals surface area contributed by atoms with Gasteiger partial charge in [-0.1, -0.05) is 36.4 Å². The molecule has 0 saturated carbocycles. The Labute approximate surface area is 211 Å². The molecule has 186 valence electrons. The van der Waals surface area contributed by atoms with Gasteiger partial charge in [-0.05, 0) is 59.9 Å². The lowest BCUT2D eigenvalue weighted by Gasteiger charge is -2.22. The lowest BCUT2D eigenvalue weighted by molar-refractivity contribution is -0.130. The Morgan fingerprint density at radius 2 is 1.67 bits per heavy atom. The molecular weight excluding hydrogens is 455 g/mol. The van der Waals surface area contributed by atoms with Crippen molar-refractivity contribution in [3.8, 4) is 11.5 Å². The van der Waals surface area contributed by atoms with Crippen LogP contribution in [0.3, 0.4) is 0 Å². The van der Waals surface area contributed by atoms with E-state index in [1.807, 2.05) is 47.4 Å². The highest BCUT2D eigenvalue weighted by molar-refractivity contribution is 5.87. The molecule has 36 heavy (non-hydrogen) atoms. The van der Waals surface area contributed by atoms with Crippen LogP contribution in [0.25, 0.3) is 10.9 Å². The Hall–Kier alpha value is -3.80. The first-order chi connectivity index (χ1) is 17.6. The summed E-state index contributed by atoms with van der Waals surface area (Å²) >= 11 is 0. The van der Waals surface area contributed by atoms with Crippen LogP contribution in [-0.2, 0) is 11.3 Å². The lowest BCUT2D eigenvalue weighted by atomic mass is 9.87. The number of halogens is 1. The number of para-hydroxylation sites is 1. The van der Waals surface area contributed by atoms with Crippen molar-refractivity contribution in [1.29, 1.82) is 0 Å². The van der Waals surface area contributed by atoms with Gasteiger partial charge in [-0.2, -0.15) is 0 Å². The molecule has 5 nitrogen and oxygen atoms in total. The molecule has 0 bridgehead atoms. The fourth-order valence-electron chi connectivity index (χ4n) is 5.22. The number of carbonyl (C=O) groups is 1. The van der Waals surface area contributed by atoms with Crippen LogP contribution in [0.1, 0.15) is 41.9 Å². The molecule has 1 aromatic heterocycles. The van der Waals surface area contributed by atoms with Crippen LogP contribution in [-0.4, -0.2) is 42.7 Å². The third kappa shape index (κ3) is 4.81. The number of methoxy groups -OCH3 is 2. The molecule has 6 heteroatoms. The first kappa shape index (κ1) is 23.9. The lowest BCUT2D eigenvalue weighted by Crippen LogP contribution is -2.29. The van der Waals surface area contributed by atoms with E-state index in [2.05, 4.69) is 22.9 Å². The zero-order chi connectivity index (χ0) is 25.1. The van der Waals surface area contributed by atoms with E-state index in [0.717, 1.165) is 53.5 Å². The molecule has 0 N–H and O–H groups in total. The van der Waals surface area contributed by atoms with Crippen LogP contribution in [0.2, 0.25) is 0 Å². The molecule has 5 rings (SSSR count). The van der Waals surface area contributed by atoms with Gasteiger partial charge in [-0.3, -0.25) is 4.79 Å². The molecule has 1 saturated heterocycles. The molecule has 4 aromatic rings. The van der Waals surface area contributed by atoms with Crippen molar-refractivity contribution in [1.82, 2.24) is 9.47 Å². The van der Waals surface area contributed by atoms with Crippen LogP contribution in [0, 0.1) is 5.82 Å². The number of hydrogen-bond donors (Lipinski definition) is 0. The molecule has 0 radical (unpaired) electrons. The minimum Gasteiger partial charge on any atom is -0.493 e. The number of hydrogen-bond acceptors (Lipinski definition) is 3. The van der Waals surface area contributed by atoms with Gasteiger partial charge < -0.3 is 18.9 Å². The van der Waals surface area contributed by atoms with Crippen molar-refractivity contribution in [2.45, 2.75) is 31.7 Å². The summed E-state index contributed by atoms with van der Waals surface area (Å²) in [7, 11) is 3.25. The Bertz CT molecular complexity index is 1360. The normalized spacial score (nSPS) is 14.2. The molecule has 1 atom stereocenters. The van der Waals surface area contributed by atoms with Crippen LogP contribution >= 0.6 is 0 Å². The van der Waals surface area contributed by atoms with Crippen LogP contribution < -0.4 is 9.47 Å². The summed E-state index contributed by atoms with van der Waals surface area (Å²) in [6.07, 6.45) is 4.64. The number of fused-ring (bicyclic) bond motifs is 1. The summed E-state index contributed by atoms with van der Waals surface area (Å²) in [4.78, 5) is 15.4. The number of benzene rings is 3. The number of carbonyl (C=O) groups excluding carboxylic acids is 1. The van der Waals surface area contributed by atoms with E-state index in [1.54, 1.807) is 14.2 Å². The number of amides is 1. The number of rotatable bonds is 8. The fourth-order valence-corrected chi connectivity index (χ4v) is 5.22. The van der Waals surface area contributed by atoms with Crippen LogP contribution in [0.4, 0.5) is 4.39 Å². The van der Waals surface area contributed by atoms with Crippen molar-refractivity contribution in [2.24, 2.45) is 0 Å². The van der Waals surface area contributed by atoms with Gasteiger partial charge in [0.15, 0.2) is 11.5 Å². The van der Waals surface area contributed by atoms with E-state index in [4.69, 9.17) is 9.47 Å². The van der Waals surface area contributed by atoms with Gasteiger partial charge in [0.1, 0.15) is 5.82 Å². The molecule has 0 spiro atoms. The number of aromatic nitrogens is 1. The van der Waals surface area contributed by atoms with Crippen LogP contribution in [0.5, 0.6) is 11.5 Å². The summed E-state index contributed by atoms with van der Waals surface area (Å²) in [6, 6.07) is 20.8. The van der Waals surface area contributed by atoms with Crippen molar-refractivity contribution >= 4 is 16.8 Å². The first-order valence-corrected chi connectivity index (χ1v) is 12.4. The third-order valence-electron chi connectivity index (χ3n) is 7.11. The fraction of sp³-hybridized carbons (Fsp3) is 0.300. The summed E-state index contributed by atoms with van der Waals surface area (Å²) < 4.78 is 26.7. The summed E-state index contributed by atoms with van der Waals surface area (Å²) in [5, 5.41) is 1.11. The molecule has 0 aliphatic carbocycles. The average Bonchev–Trinajstić information content (AvgIpc) is 3.57. The Kier molecular flexibility index (Phi) is 6.94. The maximum Gasteiger partial charge on any atom is 0.223 e. The predicted octanol–water partition coefficient (Wildman–Crippen LogP) is 5.99. The highest BCUT2D eigenvalue weighted by atomic mass is 19.1. The van der Waals surface area contributed by atoms with E-state index in [1.165, 1.54) is 12.1 Å². The van der Waals surface area contributed by atoms with Gasteiger partial charge in [0.05, 0.1) is 14.2 Å². The quantitative estimate of drug-likeness (QED) is 0.307. The maximum absolute atomic E-state index is 13.5. The largest absolute Gasteiger partial charge is 0.493 e. The van der Waals surface area contributed by atoms with E-state index in [0.29, 0.717) is 24.5 Å². The van der Waals surface area contributed by atoms with Gasteiger partial charge in [-0.25, -0.2) is 4.39 Å². The Balaban J connectivity index is 1.59. The smallest absolute Gasteiger partial charge is 0.223 e. The number of nitrogens with zero attached hydrogens (tertiary/aromatic N) is 2. The predicted molar refractivity (Wildman–Crippen MR) is 139 cm³/mol. The van der Waals surface area contributed by atoms with Crippen molar-refractivity contribution in [3.63, 3.8) is 0 Å². The third-order valence-corrected chi connectivity index (χ3v) is 7.11. The number of ether oxygens (including phenoxy) is 2. The van der Waals surface area contributed by atoms with Crippen molar-refractivity contribution in [3.05, 3.63) is 95.4 Å². The summed E-state index contributed by atoms with van der Waals surface area (Å²) in [5.74, 6) is 1.07. The standard InChI is InChI=1S/C30H31FN2O3/c1-35-28-14-11-22(17-29(28)36-2)25(18-30(34)32-15-5-6-16-32)26-20-33(27-8-4-3-7-24(26)27)19-21-9-12-23(31)13-10-21/h3-4,7-14,17,20,25H,5-6,15-16,18-19H2,1-2H3/t25-/m0/s1. The topological polar surface area (TPSA) is 43.7 Å². The Morgan fingerprint density at radius 3 is 2.39 bits per heavy atom. The zero-order valence-electron chi connectivity index (χ0n) is 20.7. The van der Waals surface area contributed by atoms with Crippen LogP contribution in [0.15, 0.2) is 72.9 Å². The SMILES string of the molecule is COc1ccc([C@H](CC(=O)N2CCCC2)c2cn(Cc3ccc(F)cc3)c3ccccc23)cc1OC. The molecule has 2 heterocycles. The van der Waals surface area contributed by atoms with E-state index < -0.39 is 0 Å². The van der Waals surface area contributed by atoms with E-state index >= 15 is 0 Å². The molecular formula is C30H31FN2O3. The van der Waals surface area contributed by atoms with Gasteiger partial charge in [-0.15, -0.1) is 0 Å². The minimum atomic E-state index is -0.245. The average molecular weight is 487 g/mol. The maximum atomic E-state index is 13.5. The minimum absolute atomic E-state index is 0.155. The van der Waals surface area contributed by atoms with Gasteiger partial charge in [0, 0.05) is 49.1 Å². The Morgan fingerprint density at radius 1 is 0.944 bits per heavy atom. The van der Waals surface area contributed by atoms with Gasteiger partial charge in [0.25, 0.3) is 0 Å². The van der Waals surface area contributed by atoms with Crippen molar-refractivity contribution < 1.29 is 18.7 Å². The zero-order valence-corrected chi connectivity index (χ0v) is 20.7. The number of likely N-dealkylation sites (tertiary alicyclic amines) is 1. The molecule has 1 aliphatic rings. The van der Waals surface area contributed by atoms with Gasteiger partial charge >= 0.3 is 0 Å². The highest BCUT2D eigenvalue weighted by Crippen LogP contribution is 2.39. The second-order valence-corrected chi connectivity index (χ2v) is 9.31. The second-order valence-electron chi connectivity index (χ2n) is 9.31. The molecule has 1 aliphatic heterocycles. The molecule has 1 amide bonds. The molecule has 3 aromatic carbocycles. The van der Waals surface area contributed by atoms with Crippen molar-refractivity contribution in [2.75, 3.05) is 27.3 Å². The summed E-state index contributed by atoms with van der Waals surface area (Å²) in [5.41, 5.74) is 4.19. The summed E-state index contributed by atoms with van der Waals surface area (Å²) in [6.45, 7) is 2.26. The molecule has 1 fully saturated rings. The molecule has 0 unspecified atom stereocenters. The second kappa shape index (κ2) is 10.4. The van der Waals surface area contributed by atoms with E-state index in [9.17, 15) is 9.18 Å². The van der Waals surface area contributed by atoms with Gasteiger partial charge in [0.2, 0.25) is 5.91 Å². The first-order valence-electron chi connectivity index (χ1n) is 12.4. The monoisotopic (exact) mass is 486 g/mol. The van der Waals surface area contributed by atoms with E-state index in [-0.39, 0.29) is 17.6 Å².